The van der Waals surface area contributed by atoms with Gasteiger partial charge in [0.05, 0.1) is 54.9 Å². The van der Waals surface area contributed by atoms with Crippen LogP contribution in [-0.2, 0) is 0 Å². The zero-order valence-electron chi connectivity index (χ0n) is 69.9. The molecule has 0 saturated carbocycles. The minimum atomic E-state index is 0.617. The van der Waals surface area contributed by atoms with Crippen LogP contribution in [0.25, 0.3) is 247 Å². The molecule has 131 heavy (non-hydrogen) atoms. The molecular formula is C117H68N10S4. The highest BCUT2D eigenvalue weighted by molar-refractivity contribution is 7.27. The molecule has 10 nitrogen and oxygen atoms in total. The topological polar surface area (TPSA) is 119 Å². The molecule has 610 valence electrons. The molecule has 0 bridgehead atoms. The van der Waals surface area contributed by atoms with Crippen molar-refractivity contribution in [3.8, 4) is 68.3 Å². The van der Waals surface area contributed by atoms with Crippen LogP contribution in [-0.4, -0.2) is 44.9 Å². The zero-order chi connectivity index (χ0) is 86.1. The van der Waals surface area contributed by atoms with E-state index in [9.17, 15) is 0 Å². The van der Waals surface area contributed by atoms with Gasteiger partial charge < -0.3 is 4.90 Å². The largest absolute Gasteiger partial charge is 0.311 e. The van der Waals surface area contributed by atoms with Crippen molar-refractivity contribution in [3.05, 3.63) is 413 Å². The molecule has 0 unspecified atom stereocenters. The Bertz CT molecular complexity index is 9480. The lowest BCUT2D eigenvalue weighted by Gasteiger charge is -2.25. The summed E-state index contributed by atoms with van der Waals surface area (Å²) in [5, 5.41) is 23.3. The van der Waals surface area contributed by atoms with E-state index in [1.165, 1.54) is 92.1 Å². The molecule has 28 aromatic rings. The molecule has 0 amide bonds. The highest BCUT2D eigenvalue weighted by atomic mass is 32.1. The number of hydrogen-bond acceptors (Lipinski definition) is 14. The first-order valence-electron chi connectivity index (χ1n) is 43.6. The number of para-hydroxylation sites is 3. The maximum atomic E-state index is 5.33. The normalized spacial score (nSPS) is 11.8. The third-order valence-electron chi connectivity index (χ3n) is 25.2. The van der Waals surface area contributed by atoms with Gasteiger partial charge in [-0.2, -0.15) is 0 Å². The second kappa shape index (κ2) is 31.3. The van der Waals surface area contributed by atoms with Crippen molar-refractivity contribution >= 4 is 241 Å². The summed E-state index contributed by atoms with van der Waals surface area (Å²) in [6.07, 6.45) is 0. The number of hydrogen-bond donors (Lipinski definition) is 0. The van der Waals surface area contributed by atoms with Gasteiger partial charge in [0, 0.05) is 153 Å². The number of anilines is 3. The maximum absolute atomic E-state index is 5.33. The van der Waals surface area contributed by atoms with Gasteiger partial charge in [0.15, 0.2) is 17.5 Å². The summed E-state index contributed by atoms with van der Waals surface area (Å²) in [4.78, 5) is 49.6. The predicted octanol–water partition coefficient (Wildman–Crippen LogP) is 32.9. The second-order valence-electron chi connectivity index (χ2n) is 32.8. The number of nitrogens with zero attached hydrogens (tertiary/aromatic N) is 10. The fourth-order valence-corrected chi connectivity index (χ4v) is 23.8. The minimum Gasteiger partial charge on any atom is -0.311 e. The SMILES string of the molecule is c1ccc(-c2nc(-c3nc4ccc5sc6ccccc6c5c4c4ccccc34)nc3c2ccc2ccccc23)cc1.c1ccc(-c2nc(-c3nc4ccc5sc6ccccc6c5c4c4ccccc34)nc3c2sc2ccccc23)cc1.c1ccc(N(c2ccccc2)c2ccc(-c3nc(-c4nc5ccc6sc7ccccc7c6c5c5ccccc45)nc4ccccc34)cc2)cc1. The van der Waals surface area contributed by atoms with Gasteiger partial charge >= 0.3 is 0 Å². The van der Waals surface area contributed by atoms with Gasteiger partial charge in [0.1, 0.15) is 17.1 Å². The van der Waals surface area contributed by atoms with Crippen LogP contribution >= 0.6 is 45.3 Å². The van der Waals surface area contributed by atoms with E-state index in [1.807, 2.05) is 64.3 Å². The van der Waals surface area contributed by atoms with E-state index >= 15 is 0 Å². The third-order valence-corrected chi connectivity index (χ3v) is 29.8. The van der Waals surface area contributed by atoms with Crippen molar-refractivity contribution in [2.75, 3.05) is 4.90 Å². The monoisotopic (exact) mass is 1740 g/mol. The Morgan fingerprint density at radius 2 is 0.496 bits per heavy atom. The number of benzene rings is 18. The zero-order valence-corrected chi connectivity index (χ0v) is 73.1. The number of rotatable bonds is 9. The van der Waals surface area contributed by atoms with Crippen LogP contribution in [0.2, 0.25) is 0 Å². The van der Waals surface area contributed by atoms with E-state index in [0.717, 1.165) is 154 Å². The smallest absolute Gasteiger partial charge is 0.180 e. The van der Waals surface area contributed by atoms with Crippen LogP contribution < -0.4 is 4.90 Å². The van der Waals surface area contributed by atoms with Gasteiger partial charge in [-0.15, -0.1) is 45.3 Å². The lowest BCUT2D eigenvalue weighted by atomic mass is 9.98. The van der Waals surface area contributed by atoms with E-state index < -0.39 is 0 Å². The molecule has 14 heteroatoms. The Hall–Kier alpha value is -16.3. The Kier molecular flexibility index (Phi) is 18.2. The Morgan fingerprint density at radius 1 is 0.160 bits per heavy atom. The Labute approximate surface area is 765 Å². The first-order valence-corrected chi connectivity index (χ1v) is 46.9. The van der Waals surface area contributed by atoms with Gasteiger partial charge in [-0.1, -0.05) is 303 Å². The summed E-state index contributed by atoms with van der Waals surface area (Å²) in [5.74, 6) is 1.91. The van der Waals surface area contributed by atoms with Crippen LogP contribution in [0.3, 0.4) is 0 Å². The van der Waals surface area contributed by atoms with Gasteiger partial charge in [0.25, 0.3) is 0 Å². The summed E-state index contributed by atoms with van der Waals surface area (Å²) in [6, 6.07) is 145. The molecule has 0 fully saturated rings. The van der Waals surface area contributed by atoms with Gasteiger partial charge in [-0.3, -0.25) is 0 Å². The molecule has 0 aliphatic rings. The van der Waals surface area contributed by atoms with E-state index in [2.05, 4.69) is 387 Å². The van der Waals surface area contributed by atoms with Crippen molar-refractivity contribution in [1.82, 2.24) is 44.9 Å². The molecule has 0 saturated heterocycles. The molecular weight excluding hydrogens is 1670 g/mol. The first kappa shape index (κ1) is 76.0. The van der Waals surface area contributed by atoms with Gasteiger partial charge in [0.2, 0.25) is 0 Å². The number of fused-ring (bicyclic) bond motifs is 28. The minimum absolute atomic E-state index is 0.617. The molecule has 0 N–H and O–H groups in total. The fraction of sp³-hybridized carbons (Fsp3) is 0. The quantitative estimate of drug-likeness (QED) is 0.129. The van der Waals surface area contributed by atoms with E-state index in [4.69, 9.17) is 44.9 Å². The average Bonchev–Trinajstić information content (AvgIpc) is 1.66. The molecule has 18 aromatic carbocycles. The molecule has 0 radical (unpaired) electrons. The predicted molar refractivity (Wildman–Crippen MR) is 556 cm³/mol. The van der Waals surface area contributed by atoms with Crippen molar-refractivity contribution < 1.29 is 0 Å². The Morgan fingerprint density at radius 3 is 0.969 bits per heavy atom. The molecule has 10 aromatic heterocycles. The molecule has 28 rings (SSSR count). The summed E-state index contributed by atoms with van der Waals surface area (Å²) in [6.45, 7) is 0. The van der Waals surface area contributed by atoms with Crippen LogP contribution in [0.15, 0.2) is 413 Å². The highest BCUT2D eigenvalue weighted by Gasteiger charge is 2.26. The summed E-state index contributed by atoms with van der Waals surface area (Å²) in [5.41, 5.74) is 17.3. The standard InChI is InChI=1S/C45H28N4S.C37H21N3S.C35H19N3S2/c1-3-13-30(14-4-1)49(31-15-5-2-6-16-31)32-25-23-29(24-26-32)43-35-19-9-11-21-37(35)47-45(48-43)44-34-18-8-7-17-33(34)41-38(46-44)27-28-40-42(41)36-20-10-12-22-39(36)50-40;1-2-11-23(12-3-1)34-28-19-18-22-10-4-5-13-24(22)35(28)40-37(39-34)36-26-15-7-6-14-25(26)32-29(38-36)20-21-31-33(32)27-16-8-9-17-30(27)41-31;1-2-10-20(11-3-1)31-34-32(24-15-7-9-17-27(24)40-34)38-35(37-31)33-22-13-5-4-12-21(22)29-25(36-33)18-19-28-30(29)23-14-6-8-16-26(23)39-28/h1-28H;1-21H;1-19H. The summed E-state index contributed by atoms with van der Waals surface area (Å²) >= 11 is 7.26. The molecule has 10 heterocycles. The van der Waals surface area contributed by atoms with Crippen molar-refractivity contribution in [2.24, 2.45) is 0 Å². The van der Waals surface area contributed by atoms with Crippen molar-refractivity contribution in [3.63, 3.8) is 0 Å². The van der Waals surface area contributed by atoms with Gasteiger partial charge in [-0.25, -0.2) is 44.9 Å². The summed E-state index contributed by atoms with van der Waals surface area (Å²) < 4.78 is 10.0. The van der Waals surface area contributed by atoms with Crippen molar-refractivity contribution in [1.29, 1.82) is 0 Å². The van der Waals surface area contributed by atoms with Crippen LogP contribution in [0, 0.1) is 0 Å². The highest BCUT2D eigenvalue weighted by Crippen LogP contribution is 2.49. The van der Waals surface area contributed by atoms with Gasteiger partial charge in [-0.05, 0) is 131 Å². The van der Waals surface area contributed by atoms with Crippen LogP contribution in [0.1, 0.15) is 0 Å². The fourth-order valence-electron chi connectivity index (χ4n) is 19.3. The number of aromatic nitrogens is 9. The van der Waals surface area contributed by atoms with Crippen LogP contribution in [0.4, 0.5) is 17.1 Å². The first-order chi connectivity index (χ1) is 65.0. The number of pyridine rings is 3. The van der Waals surface area contributed by atoms with E-state index in [1.54, 1.807) is 11.3 Å². The Balaban J connectivity index is 0.000000104. The molecule has 0 spiro atoms. The summed E-state index contributed by atoms with van der Waals surface area (Å²) in [7, 11) is 0. The second-order valence-corrected chi connectivity index (χ2v) is 37.1. The number of thiophene rings is 4. The van der Waals surface area contributed by atoms with Crippen molar-refractivity contribution in [2.45, 2.75) is 0 Å². The average molecular weight is 1740 g/mol. The lowest BCUT2D eigenvalue weighted by Crippen LogP contribution is -2.09. The van der Waals surface area contributed by atoms with Crippen LogP contribution in [0.5, 0.6) is 0 Å². The van der Waals surface area contributed by atoms with E-state index in [-0.39, 0.29) is 0 Å². The van der Waals surface area contributed by atoms with E-state index in [0.29, 0.717) is 17.5 Å². The molecule has 0 atom stereocenters. The molecule has 0 aliphatic heterocycles. The third kappa shape index (κ3) is 12.8. The molecule has 0 aliphatic carbocycles. The maximum Gasteiger partial charge on any atom is 0.180 e. The lowest BCUT2D eigenvalue weighted by molar-refractivity contribution is 1.20.